The van der Waals surface area contributed by atoms with Gasteiger partial charge in [-0.05, 0) is 24.3 Å². The molecular formula is C14H10Cl2N2O4S. The Kier molecular flexibility index (Phi) is 3.87. The lowest BCUT2D eigenvalue weighted by molar-refractivity contribution is 0.259. The molecule has 1 aliphatic rings. The van der Waals surface area contributed by atoms with Crippen molar-refractivity contribution >= 4 is 50.6 Å². The van der Waals surface area contributed by atoms with Crippen LogP contribution in [0.4, 0.5) is 16.2 Å². The van der Waals surface area contributed by atoms with Gasteiger partial charge in [0.15, 0.2) is 0 Å². The van der Waals surface area contributed by atoms with Crippen LogP contribution in [0, 0.1) is 0 Å². The third-order valence-corrected chi connectivity index (χ3v) is 5.66. The molecule has 2 aromatic rings. The summed E-state index contributed by atoms with van der Waals surface area (Å²) >= 11 is 11.9. The molecule has 6 nitrogen and oxygen atoms in total. The van der Waals surface area contributed by atoms with E-state index in [1.807, 2.05) is 0 Å². The number of urea groups is 1. The fourth-order valence-corrected chi connectivity index (χ4v) is 4.65. The summed E-state index contributed by atoms with van der Waals surface area (Å²) < 4.78 is 31.6. The summed E-state index contributed by atoms with van der Waals surface area (Å²) in [5.74, 6) is 0.236. The third kappa shape index (κ3) is 2.50. The molecule has 0 unspecified atom stereocenters. The number of fused-ring (bicyclic) bond motifs is 1. The van der Waals surface area contributed by atoms with Crippen LogP contribution in [-0.4, -0.2) is 21.6 Å². The Morgan fingerprint density at radius 3 is 2.57 bits per heavy atom. The van der Waals surface area contributed by atoms with E-state index < -0.39 is 16.1 Å². The molecule has 1 aliphatic heterocycles. The van der Waals surface area contributed by atoms with E-state index in [0.29, 0.717) is 4.31 Å². The second-order valence-corrected chi connectivity index (χ2v) is 7.20. The summed E-state index contributed by atoms with van der Waals surface area (Å²) in [5, 5.41) is 2.62. The highest BCUT2D eigenvalue weighted by molar-refractivity contribution is 7.94. The van der Waals surface area contributed by atoms with Gasteiger partial charge in [0.1, 0.15) is 16.3 Å². The number of carbonyl (C=O) groups is 1. The van der Waals surface area contributed by atoms with Crippen LogP contribution in [0.5, 0.6) is 5.75 Å². The number of sulfonamides is 1. The number of para-hydroxylation sites is 2. The quantitative estimate of drug-likeness (QED) is 0.870. The van der Waals surface area contributed by atoms with E-state index in [1.165, 1.54) is 25.3 Å². The van der Waals surface area contributed by atoms with Crippen LogP contribution >= 0.6 is 23.2 Å². The normalized spacial score (nSPS) is 15.8. The van der Waals surface area contributed by atoms with Gasteiger partial charge < -0.3 is 10.1 Å². The number of halogens is 2. The predicted molar refractivity (Wildman–Crippen MR) is 88.1 cm³/mol. The summed E-state index contributed by atoms with van der Waals surface area (Å²) in [4.78, 5) is 12.1. The number of ether oxygens (including phenoxy) is 1. The van der Waals surface area contributed by atoms with Gasteiger partial charge in [0, 0.05) is 5.02 Å². The minimum Gasteiger partial charge on any atom is -0.495 e. The smallest absolute Gasteiger partial charge is 0.340 e. The number of methoxy groups -OCH3 is 1. The van der Waals surface area contributed by atoms with Gasteiger partial charge in [0.2, 0.25) is 0 Å². The summed E-state index contributed by atoms with van der Waals surface area (Å²) in [6, 6.07) is 8.06. The molecule has 2 aromatic carbocycles. The van der Waals surface area contributed by atoms with Crippen LogP contribution in [-0.2, 0) is 10.0 Å². The first-order valence-electron chi connectivity index (χ1n) is 6.34. The summed E-state index contributed by atoms with van der Waals surface area (Å²) in [6.07, 6.45) is 0. The van der Waals surface area contributed by atoms with Crippen molar-refractivity contribution in [3.63, 3.8) is 0 Å². The van der Waals surface area contributed by atoms with Crippen LogP contribution in [0.25, 0.3) is 0 Å². The molecule has 0 radical (unpaired) electrons. The number of rotatable bonds is 2. The Bertz CT molecular complexity index is 915. The molecule has 3 rings (SSSR count). The highest BCUT2D eigenvalue weighted by atomic mass is 35.5. The standard InChI is InChI=1S/C14H10Cl2N2O4S/c1-22-12-5-3-2-4-11(12)18-14(19)17-10-7-8(15)6-9(16)13(10)23(18,20)21/h2-7H,1H3,(H,17,19). The molecule has 0 atom stereocenters. The summed E-state index contributed by atoms with van der Waals surface area (Å²) in [7, 11) is -2.83. The summed E-state index contributed by atoms with van der Waals surface area (Å²) in [5.41, 5.74) is 0.128. The zero-order valence-electron chi connectivity index (χ0n) is 11.7. The molecule has 0 spiro atoms. The average Bonchev–Trinajstić information content (AvgIpc) is 2.45. The minimum atomic E-state index is -4.21. The van der Waals surface area contributed by atoms with Gasteiger partial charge in [-0.1, -0.05) is 35.3 Å². The number of carbonyl (C=O) groups excluding carboxylic acids is 1. The van der Waals surface area contributed by atoms with Gasteiger partial charge in [0.25, 0.3) is 10.0 Å². The number of hydrogen-bond acceptors (Lipinski definition) is 4. The van der Waals surface area contributed by atoms with E-state index in [1.54, 1.807) is 18.2 Å². The van der Waals surface area contributed by atoms with Crippen molar-refractivity contribution in [1.29, 1.82) is 0 Å². The monoisotopic (exact) mass is 372 g/mol. The van der Waals surface area contributed by atoms with E-state index in [0.717, 1.165) is 0 Å². The van der Waals surface area contributed by atoms with E-state index in [9.17, 15) is 13.2 Å². The molecule has 0 bridgehead atoms. The number of amides is 2. The number of nitrogens with zero attached hydrogens (tertiary/aromatic N) is 1. The zero-order valence-corrected chi connectivity index (χ0v) is 14.0. The molecule has 9 heteroatoms. The SMILES string of the molecule is COc1ccccc1N1C(=O)Nc2cc(Cl)cc(Cl)c2S1(=O)=O. The Morgan fingerprint density at radius 2 is 1.87 bits per heavy atom. The lowest BCUT2D eigenvalue weighted by atomic mass is 10.3. The third-order valence-electron chi connectivity index (χ3n) is 3.24. The molecule has 0 fully saturated rings. The van der Waals surface area contributed by atoms with Crippen LogP contribution in [0.15, 0.2) is 41.3 Å². The first-order valence-corrected chi connectivity index (χ1v) is 8.54. The van der Waals surface area contributed by atoms with E-state index in [2.05, 4.69) is 5.32 Å². The molecular weight excluding hydrogens is 363 g/mol. The Balaban J connectivity index is 2.27. The molecule has 0 saturated heterocycles. The van der Waals surface area contributed by atoms with Crippen LogP contribution < -0.4 is 14.4 Å². The van der Waals surface area contributed by atoms with Crippen molar-refractivity contribution in [1.82, 2.24) is 0 Å². The molecule has 120 valence electrons. The van der Waals surface area contributed by atoms with Crippen molar-refractivity contribution in [3.05, 3.63) is 46.4 Å². The average molecular weight is 373 g/mol. The van der Waals surface area contributed by atoms with E-state index in [-0.39, 0.29) is 32.1 Å². The van der Waals surface area contributed by atoms with Crippen molar-refractivity contribution in [3.8, 4) is 5.75 Å². The molecule has 0 aliphatic carbocycles. The minimum absolute atomic E-state index is 0.0404. The zero-order chi connectivity index (χ0) is 16.8. The van der Waals surface area contributed by atoms with Crippen molar-refractivity contribution in [2.24, 2.45) is 0 Å². The van der Waals surface area contributed by atoms with Crippen LogP contribution in [0.3, 0.4) is 0 Å². The lowest BCUT2D eigenvalue weighted by Gasteiger charge is -2.30. The fraction of sp³-hybridized carbons (Fsp3) is 0.0714. The number of anilines is 2. The number of nitrogens with one attached hydrogen (secondary N) is 1. The van der Waals surface area contributed by atoms with Gasteiger partial charge >= 0.3 is 6.03 Å². The maximum absolute atomic E-state index is 12.9. The van der Waals surface area contributed by atoms with Crippen molar-refractivity contribution < 1.29 is 17.9 Å². The number of hydrogen-bond donors (Lipinski definition) is 1. The molecule has 2 amide bonds. The predicted octanol–water partition coefficient (Wildman–Crippen LogP) is 3.74. The second-order valence-electron chi connectivity index (χ2n) is 4.64. The molecule has 1 heterocycles. The maximum Gasteiger partial charge on any atom is 0.340 e. The molecule has 23 heavy (non-hydrogen) atoms. The first kappa shape index (κ1) is 15.9. The number of benzene rings is 2. The second kappa shape index (κ2) is 5.59. The maximum atomic E-state index is 12.9. The highest BCUT2D eigenvalue weighted by Crippen LogP contribution is 2.42. The van der Waals surface area contributed by atoms with Crippen molar-refractivity contribution in [2.75, 3.05) is 16.7 Å². The van der Waals surface area contributed by atoms with Gasteiger partial charge in [-0.3, -0.25) is 0 Å². The largest absolute Gasteiger partial charge is 0.495 e. The Hall–Kier alpha value is -1.96. The Labute approximate surface area is 142 Å². The topological polar surface area (TPSA) is 75.7 Å². The lowest BCUT2D eigenvalue weighted by Crippen LogP contribution is -2.44. The van der Waals surface area contributed by atoms with Gasteiger partial charge in [-0.2, -0.15) is 4.31 Å². The van der Waals surface area contributed by atoms with Crippen LogP contribution in [0.1, 0.15) is 0 Å². The van der Waals surface area contributed by atoms with Crippen molar-refractivity contribution in [2.45, 2.75) is 4.90 Å². The fourth-order valence-electron chi connectivity index (χ4n) is 2.32. The van der Waals surface area contributed by atoms with E-state index >= 15 is 0 Å². The Morgan fingerprint density at radius 1 is 1.17 bits per heavy atom. The highest BCUT2D eigenvalue weighted by Gasteiger charge is 2.41. The first-order chi connectivity index (χ1) is 10.9. The van der Waals surface area contributed by atoms with Gasteiger partial charge in [0.05, 0.1) is 17.8 Å². The van der Waals surface area contributed by atoms with Crippen LogP contribution in [0.2, 0.25) is 10.0 Å². The van der Waals surface area contributed by atoms with E-state index in [4.69, 9.17) is 27.9 Å². The van der Waals surface area contributed by atoms with Gasteiger partial charge in [-0.15, -0.1) is 0 Å². The summed E-state index contributed by atoms with van der Waals surface area (Å²) in [6.45, 7) is 0. The molecule has 0 saturated carbocycles. The van der Waals surface area contributed by atoms with Gasteiger partial charge in [-0.25, -0.2) is 13.2 Å². The molecule has 0 aromatic heterocycles. The molecule has 1 N–H and O–H groups in total.